The van der Waals surface area contributed by atoms with Gasteiger partial charge in [0.05, 0.1) is 31.0 Å². The van der Waals surface area contributed by atoms with Crippen LogP contribution >= 0.6 is 0 Å². The molecule has 2 N–H and O–H groups in total. The second-order valence-corrected chi connectivity index (χ2v) is 5.91. The van der Waals surface area contributed by atoms with E-state index in [1.165, 1.54) is 18.3 Å². The molecule has 1 aromatic heterocycles. The third-order valence-corrected chi connectivity index (χ3v) is 4.23. The van der Waals surface area contributed by atoms with Gasteiger partial charge in [0, 0.05) is 30.0 Å². The lowest BCUT2D eigenvalue weighted by Crippen LogP contribution is -2.37. The van der Waals surface area contributed by atoms with E-state index in [4.69, 9.17) is 4.74 Å². The lowest BCUT2D eigenvalue weighted by Gasteiger charge is -2.32. The molecule has 1 aliphatic rings. The molecule has 2 aromatic rings. The van der Waals surface area contributed by atoms with Crippen molar-refractivity contribution >= 4 is 11.6 Å². The Morgan fingerprint density at radius 2 is 2.17 bits per heavy atom. The zero-order valence-electron chi connectivity index (χ0n) is 13.8. The van der Waals surface area contributed by atoms with Crippen molar-refractivity contribution in [3.8, 4) is 0 Å². The van der Waals surface area contributed by atoms with Crippen LogP contribution in [0.5, 0.6) is 0 Å². The smallest absolute Gasteiger partial charge is 0.255 e. The molecule has 1 atom stereocenters. The van der Waals surface area contributed by atoms with Crippen LogP contribution in [0.15, 0.2) is 24.4 Å². The van der Waals surface area contributed by atoms with Gasteiger partial charge in [-0.1, -0.05) is 0 Å². The Labute approximate surface area is 140 Å². The molecular weight excluding hydrogens is 311 g/mol. The molecule has 0 spiro atoms. The minimum Gasteiger partial charge on any atom is -0.378 e. The van der Waals surface area contributed by atoms with Crippen molar-refractivity contribution in [3.63, 3.8) is 0 Å². The number of aromatic amines is 1. The number of H-pyrrole nitrogens is 1. The van der Waals surface area contributed by atoms with Gasteiger partial charge >= 0.3 is 0 Å². The molecule has 6 nitrogen and oxygen atoms in total. The van der Waals surface area contributed by atoms with Crippen molar-refractivity contribution in [2.75, 3.05) is 31.2 Å². The standard InChI is InChI=1S/C17H21FN4O2/c1-11(20-17(23)15-10-19-21-12(15)2)14-9-13(18)3-4-16(14)22-5-7-24-8-6-22/h3-4,9-11H,5-8H2,1-2H3,(H,19,21)(H,20,23). The van der Waals surface area contributed by atoms with Crippen molar-refractivity contribution in [1.29, 1.82) is 0 Å². The Morgan fingerprint density at radius 3 is 2.83 bits per heavy atom. The summed E-state index contributed by atoms with van der Waals surface area (Å²) in [5.41, 5.74) is 2.88. The molecule has 2 heterocycles. The number of benzene rings is 1. The number of aryl methyl sites for hydroxylation is 1. The van der Waals surface area contributed by atoms with Crippen LogP contribution in [0.2, 0.25) is 0 Å². The van der Waals surface area contributed by atoms with Crippen molar-refractivity contribution in [2.45, 2.75) is 19.9 Å². The summed E-state index contributed by atoms with van der Waals surface area (Å²) in [4.78, 5) is 14.5. The molecule has 0 bridgehead atoms. The fourth-order valence-electron chi connectivity index (χ4n) is 2.90. The molecule has 1 fully saturated rings. The lowest BCUT2D eigenvalue weighted by molar-refractivity contribution is 0.0939. The summed E-state index contributed by atoms with van der Waals surface area (Å²) in [5, 5.41) is 9.52. The summed E-state index contributed by atoms with van der Waals surface area (Å²) in [7, 11) is 0. The minimum absolute atomic E-state index is 0.231. The van der Waals surface area contributed by atoms with Gasteiger partial charge in [-0.05, 0) is 32.0 Å². The van der Waals surface area contributed by atoms with Gasteiger partial charge in [0.1, 0.15) is 5.82 Å². The molecule has 24 heavy (non-hydrogen) atoms. The molecule has 1 unspecified atom stereocenters. The second kappa shape index (κ2) is 7.00. The van der Waals surface area contributed by atoms with Crippen LogP contribution in [-0.2, 0) is 4.74 Å². The predicted octanol–water partition coefficient (Wildman–Crippen LogP) is 2.18. The molecule has 1 saturated heterocycles. The Morgan fingerprint density at radius 1 is 1.42 bits per heavy atom. The summed E-state index contributed by atoms with van der Waals surface area (Å²) in [6, 6.07) is 4.36. The number of anilines is 1. The van der Waals surface area contributed by atoms with Crippen molar-refractivity contribution in [3.05, 3.63) is 47.0 Å². The maximum absolute atomic E-state index is 13.8. The van der Waals surface area contributed by atoms with E-state index in [1.807, 2.05) is 6.92 Å². The van der Waals surface area contributed by atoms with Crippen molar-refractivity contribution in [1.82, 2.24) is 15.5 Å². The average molecular weight is 332 g/mol. The average Bonchev–Trinajstić information content (AvgIpc) is 3.01. The lowest BCUT2D eigenvalue weighted by atomic mass is 10.0. The number of hydrogen-bond acceptors (Lipinski definition) is 4. The molecule has 0 radical (unpaired) electrons. The van der Waals surface area contributed by atoms with Gasteiger partial charge < -0.3 is 15.0 Å². The zero-order chi connectivity index (χ0) is 17.1. The van der Waals surface area contributed by atoms with Gasteiger partial charge in [-0.25, -0.2) is 4.39 Å². The number of nitrogens with one attached hydrogen (secondary N) is 2. The fourth-order valence-corrected chi connectivity index (χ4v) is 2.90. The number of nitrogens with zero attached hydrogens (tertiary/aromatic N) is 2. The Kier molecular flexibility index (Phi) is 4.80. The quantitative estimate of drug-likeness (QED) is 0.900. The number of carbonyl (C=O) groups is 1. The molecule has 0 saturated carbocycles. The summed E-state index contributed by atoms with van der Waals surface area (Å²) < 4.78 is 19.2. The number of ether oxygens (including phenoxy) is 1. The number of halogens is 1. The SMILES string of the molecule is Cc1[nH]ncc1C(=O)NC(C)c1cc(F)ccc1N1CCOCC1. The fraction of sp³-hybridized carbons (Fsp3) is 0.412. The van der Waals surface area contributed by atoms with Gasteiger partial charge in [0.15, 0.2) is 0 Å². The van der Waals surface area contributed by atoms with Crippen molar-refractivity contribution in [2.24, 2.45) is 0 Å². The van der Waals surface area contributed by atoms with E-state index >= 15 is 0 Å². The predicted molar refractivity (Wildman–Crippen MR) is 88.6 cm³/mol. The summed E-state index contributed by atoms with van der Waals surface area (Å²) >= 11 is 0. The number of rotatable bonds is 4. The highest BCUT2D eigenvalue weighted by atomic mass is 19.1. The van der Waals surface area contributed by atoms with E-state index in [1.54, 1.807) is 13.0 Å². The van der Waals surface area contributed by atoms with Crippen LogP contribution in [-0.4, -0.2) is 42.4 Å². The summed E-state index contributed by atoms with van der Waals surface area (Å²) in [6.45, 7) is 6.43. The van der Waals surface area contributed by atoms with Gasteiger partial charge in [0.2, 0.25) is 0 Å². The normalized spacial score (nSPS) is 16.0. The molecule has 128 valence electrons. The highest BCUT2D eigenvalue weighted by Gasteiger charge is 2.21. The number of aromatic nitrogens is 2. The van der Waals surface area contributed by atoms with Crippen LogP contribution in [0.25, 0.3) is 0 Å². The first kappa shape index (κ1) is 16.4. The second-order valence-electron chi connectivity index (χ2n) is 5.91. The maximum atomic E-state index is 13.8. The number of hydrogen-bond donors (Lipinski definition) is 2. The molecular formula is C17H21FN4O2. The van der Waals surface area contributed by atoms with E-state index in [-0.39, 0.29) is 17.8 Å². The van der Waals surface area contributed by atoms with Gasteiger partial charge in [-0.2, -0.15) is 5.10 Å². The van der Waals surface area contributed by atoms with Crippen LogP contribution in [0.3, 0.4) is 0 Å². The number of carbonyl (C=O) groups excluding carboxylic acids is 1. The van der Waals surface area contributed by atoms with Gasteiger partial charge in [-0.3, -0.25) is 9.89 Å². The topological polar surface area (TPSA) is 70.2 Å². The van der Waals surface area contributed by atoms with Crippen LogP contribution in [0, 0.1) is 12.7 Å². The van der Waals surface area contributed by atoms with E-state index in [0.29, 0.717) is 24.5 Å². The van der Waals surface area contributed by atoms with E-state index in [9.17, 15) is 9.18 Å². The summed E-state index contributed by atoms with van der Waals surface area (Å²) in [6.07, 6.45) is 1.49. The zero-order valence-corrected chi connectivity index (χ0v) is 13.8. The largest absolute Gasteiger partial charge is 0.378 e. The van der Waals surface area contributed by atoms with E-state index < -0.39 is 0 Å². The molecule has 3 rings (SSSR count). The first-order valence-electron chi connectivity index (χ1n) is 7.99. The molecule has 1 amide bonds. The number of morpholine rings is 1. The Balaban J connectivity index is 1.83. The van der Waals surface area contributed by atoms with E-state index in [0.717, 1.165) is 24.3 Å². The highest BCUT2D eigenvalue weighted by molar-refractivity contribution is 5.95. The van der Waals surface area contributed by atoms with Crippen molar-refractivity contribution < 1.29 is 13.9 Å². The van der Waals surface area contributed by atoms with Crippen LogP contribution in [0.1, 0.15) is 34.6 Å². The first-order valence-corrected chi connectivity index (χ1v) is 7.99. The van der Waals surface area contributed by atoms with Gasteiger partial charge in [0.25, 0.3) is 5.91 Å². The summed E-state index contributed by atoms with van der Waals surface area (Å²) in [5.74, 6) is -0.548. The monoisotopic (exact) mass is 332 g/mol. The highest BCUT2D eigenvalue weighted by Crippen LogP contribution is 2.28. The number of amides is 1. The third kappa shape index (κ3) is 3.41. The Bertz CT molecular complexity index is 725. The minimum atomic E-state index is -0.333. The molecule has 1 aromatic carbocycles. The molecule has 1 aliphatic heterocycles. The van der Waals surface area contributed by atoms with Crippen LogP contribution in [0.4, 0.5) is 10.1 Å². The van der Waals surface area contributed by atoms with E-state index in [2.05, 4.69) is 20.4 Å². The molecule has 0 aliphatic carbocycles. The van der Waals surface area contributed by atoms with Crippen LogP contribution < -0.4 is 10.2 Å². The maximum Gasteiger partial charge on any atom is 0.255 e. The Hall–Kier alpha value is -2.41. The van der Waals surface area contributed by atoms with Gasteiger partial charge in [-0.15, -0.1) is 0 Å². The molecule has 7 heteroatoms. The first-order chi connectivity index (χ1) is 11.6. The third-order valence-electron chi connectivity index (χ3n) is 4.23.